The fourth-order valence-corrected chi connectivity index (χ4v) is 0.738. The first kappa shape index (κ1) is 31.3. The van der Waals surface area contributed by atoms with Crippen LogP contribution in [0.5, 0.6) is 0 Å². The van der Waals surface area contributed by atoms with Crippen LogP contribution < -0.4 is 0 Å². The molecule has 0 heterocycles. The molecule has 0 saturated heterocycles. The fraction of sp³-hybridized carbons (Fsp3) is 0.667. The van der Waals surface area contributed by atoms with E-state index in [0.29, 0.717) is 0 Å². The molecule has 74 valence electrons. The molecule has 0 aromatic rings. The van der Waals surface area contributed by atoms with E-state index in [2.05, 4.69) is 0 Å². The molecule has 6 nitrogen and oxygen atoms in total. The van der Waals surface area contributed by atoms with Gasteiger partial charge in [0.15, 0.2) is 0 Å². The zero-order valence-corrected chi connectivity index (χ0v) is 18.4. The van der Waals surface area contributed by atoms with E-state index in [-0.39, 0.29) is 144 Å². The van der Waals surface area contributed by atoms with Crippen LogP contribution in [-0.2, 0) is 9.59 Å². The van der Waals surface area contributed by atoms with Crippen molar-refractivity contribution in [3.8, 4) is 0 Å². The molecule has 4 radical (unpaired) electrons. The van der Waals surface area contributed by atoms with Gasteiger partial charge in [0.2, 0.25) is 0 Å². The molecule has 3 N–H and O–H groups in total. The third-order valence-corrected chi connectivity index (χ3v) is 1.13. The summed E-state index contributed by atoms with van der Waals surface area (Å²) in [6.07, 6.45) is 0. The van der Waals surface area contributed by atoms with E-state index in [0.717, 1.165) is 4.90 Å². The van der Waals surface area contributed by atoms with Gasteiger partial charge in [-0.15, -0.1) is 0 Å². The standard InChI is InChI=1S/C6H11NO5.4Na/c8-2-1-7(3-5(9)10)4-6(11)12;;;;/h8H,1-4H2,(H,9,10)(H,11,12);;;;. The largest absolute Gasteiger partial charge is 0.480 e. The van der Waals surface area contributed by atoms with Crippen molar-refractivity contribution in [1.82, 2.24) is 4.90 Å². The van der Waals surface area contributed by atoms with Gasteiger partial charge in [-0.25, -0.2) is 0 Å². The minimum atomic E-state index is -1.11. The first-order valence-corrected chi connectivity index (χ1v) is 3.33. The Morgan fingerprint density at radius 1 is 0.875 bits per heavy atom. The van der Waals surface area contributed by atoms with Gasteiger partial charge in [-0.3, -0.25) is 14.5 Å². The summed E-state index contributed by atoms with van der Waals surface area (Å²) in [7, 11) is 0. The Morgan fingerprint density at radius 3 is 1.38 bits per heavy atom. The molecule has 0 bridgehead atoms. The summed E-state index contributed by atoms with van der Waals surface area (Å²) in [5.74, 6) is -2.21. The molecule has 0 spiro atoms. The van der Waals surface area contributed by atoms with Gasteiger partial charge < -0.3 is 15.3 Å². The van der Waals surface area contributed by atoms with Crippen molar-refractivity contribution in [2.24, 2.45) is 0 Å². The number of nitrogens with zero attached hydrogens (tertiary/aromatic N) is 1. The minimum absolute atomic E-state index is 0. The molecule has 0 aromatic carbocycles. The van der Waals surface area contributed by atoms with Crippen LogP contribution in [0.3, 0.4) is 0 Å². The Labute approximate surface area is 183 Å². The van der Waals surface area contributed by atoms with Crippen molar-refractivity contribution in [3.05, 3.63) is 0 Å². The summed E-state index contributed by atoms with van der Waals surface area (Å²) in [4.78, 5) is 21.4. The molecule has 0 atom stereocenters. The van der Waals surface area contributed by atoms with Crippen LogP contribution in [0.15, 0.2) is 0 Å². The second-order valence-electron chi connectivity index (χ2n) is 2.22. The number of carboxylic acid groups (broad SMARTS) is 2. The maximum absolute atomic E-state index is 10.1. The molecule has 0 aliphatic carbocycles. The molecule has 10 heteroatoms. The molecular formula is C6H11NNa4O5. The van der Waals surface area contributed by atoms with Crippen LogP contribution in [0.4, 0.5) is 0 Å². The van der Waals surface area contributed by atoms with Crippen LogP contribution in [0.2, 0.25) is 0 Å². The van der Waals surface area contributed by atoms with Gasteiger partial charge in [0.05, 0.1) is 19.7 Å². The fourth-order valence-electron chi connectivity index (χ4n) is 0.738. The minimum Gasteiger partial charge on any atom is -0.480 e. The third kappa shape index (κ3) is 22.1. The van der Waals surface area contributed by atoms with Crippen molar-refractivity contribution >= 4 is 130 Å². The molecule has 0 aliphatic heterocycles. The number of hydrogen-bond acceptors (Lipinski definition) is 4. The van der Waals surface area contributed by atoms with Gasteiger partial charge in [0, 0.05) is 125 Å². The van der Waals surface area contributed by atoms with Crippen LogP contribution in [0, 0.1) is 0 Å². The molecule has 0 rings (SSSR count). The molecule has 0 amide bonds. The average molecular weight is 269 g/mol. The van der Waals surface area contributed by atoms with E-state index in [4.69, 9.17) is 15.3 Å². The first-order valence-electron chi connectivity index (χ1n) is 3.33. The maximum Gasteiger partial charge on any atom is 0.317 e. The molecule has 16 heavy (non-hydrogen) atoms. The van der Waals surface area contributed by atoms with Crippen molar-refractivity contribution in [3.63, 3.8) is 0 Å². The van der Waals surface area contributed by atoms with Gasteiger partial charge in [-0.05, 0) is 0 Å². The van der Waals surface area contributed by atoms with Crippen LogP contribution >= 0.6 is 0 Å². The van der Waals surface area contributed by atoms with E-state index in [1.165, 1.54) is 0 Å². The van der Waals surface area contributed by atoms with Gasteiger partial charge in [-0.2, -0.15) is 0 Å². The first-order chi connectivity index (χ1) is 5.56. The monoisotopic (exact) mass is 269 g/mol. The predicted octanol–water partition coefficient (Wildman–Crippen LogP) is -3.07. The Hall–Kier alpha value is 2.86. The van der Waals surface area contributed by atoms with Gasteiger partial charge in [-0.1, -0.05) is 0 Å². The Kier molecular flexibility index (Phi) is 39.5. The smallest absolute Gasteiger partial charge is 0.317 e. The number of aliphatic hydroxyl groups is 1. The SMILES string of the molecule is O=C(O)CN(CCO)CC(=O)O.[Na].[Na].[Na].[Na]. The normalized spacial score (nSPS) is 7.62. The average Bonchev–Trinajstić information content (AvgIpc) is 1.84. The molecule has 0 unspecified atom stereocenters. The predicted molar refractivity (Wildman–Crippen MR) is 61.8 cm³/mol. The Bertz CT molecular complexity index is 166. The van der Waals surface area contributed by atoms with E-state index < -0.39 is 11.9 Å². The van der Waals surface area contributed by atoms with Gasteiger partial charge in [0.1, 0.15) is 0 Å². The summed E-state index contributed by atoms with van der Waals surface area (Å²) in [5, 5.41) is 25.0. The zero-order valence-electron chi connectivity index (χ0n) is 10.4. The number of aliphatic carboxylic acids is 2. The maximum atomic E-state index is 10.1. The number of carboxylic acids is 2. The summed E-state index contributed by atoms with van der Waals surface area (Å²) in [6.45, 7) is -0.932. The number of rotatable bonds is 6. The van der Waals surface area contributed by atoms with Crippen molar-refractivity contribution < 1.29 is 24.9 Å². The summed E-state index contributed by atoms with van der Waals surface area (Å²) in [5.41, 5.74) is 0. The molecular weight excluding hydrogens is 258 g/mol. The molecule has 0 aliphatic rings. The number of carbonyl (C=O) groups is 2. The molecule has 0 saturated carbocycles. The van der Waals surface area contributed by atoms with E-state index in [1.807, 2.05) is 0 Å². The van der Waals surface area contributed by atoms with Crippen molar-refractivity contribution in [2.75, 3.05) is 26.2 Å². The van der Waals surface area contributed by atoms with Crippen LogP contribution in [-0.4, -0.2) is 177 Å². The van der Waals surface area contributed by atoms with Gasteiger partial charge >= 0.3 is 11.9 Å². The molecule has 0 fully saturated rings. The summed E-state index contributed by atoms with van der Waals surface area (Å²) < 4.78 is 0. The Morgan fingerprint density at radius 2 is 1.19 bits per heavy atom. The topological polar surface area (TPSA) is 98.1 Å². The second kappa shape index (κ2) is 20.2. The van der Waals surface area contributed by atoms with Gasteiger partial charge in [0.25, 0.3) is 0 Å². The van der Waals surface area contributed by atoms with E-state index >= 15 is 0 Å². The number of hydrogen-bond donors (Lipinski definition) is 3. The molecule has 0 aromatic heterocycles. The number of aliphatic hydroxyl groups excluding tert-OH is 1. The summed E-state index contributed by atoms with van der Waals surface area (Å²) in [6, 6.07) is 0. The second-order valence-corrected chi connectivity index (χ2v) is 2.22. The quantitative estimate of drug-likeness (QED) is 0.443. The zero-order chi connectivity index (χ0) is 9.56. The third-order valence-electron chi connectivity index (χ3n) is 1.13. The van der Waals surface area contributed by atoms with E-state index in [9.17, 15) is 9.59 Å². The van der Waals surface area contributed by atoms with Crippen molar-refractivity contribution in [2.45, 2.75) is 0 Å². The van der Waals surface area contributed by atoms with Crippen LogP contribution in [0.1, 0.15) is 0 Å². The van der Waals surface area contributed by atoms with Crippen LogP contribution in [0.25, 0.3) is 0 Å². The Balaban J connectivity index is -0.000000101. The van der Waals surface area contributed by atoms with Crippen molar-refractivity contribution in [1.29, 1.82) is 0 Å². The van der Waals surface area contributed by atoms with E-state index in [1.54, 1.807) is 0 Å². The summed E-state index contributed by atoms with van der Waals surface area (Å²) >= 11 is 0.